The molecule has 0 radical (unpaired) electrons. The van der Waals surface area contributed by atoms with Crippen LogP contribution in [0.2, 0.25) is 0 Å². The first-order valence-corrected chi connectivity index (χ1v) is 5.79. The molecular weight excluding hydrogens is 222 g/mol. The Hall–Kier alpha value is -1.58. The minimum absolute atomic E-state index is 0.0664. The van der Waals surface area contributed by atoms with E-state index in [0.29, 0.717) is 6.54 Å². The number of fused-ring (bicyclic) bond motifs is 1. The summed E-state index contributed by atoms with van der Waals surface area (Å²) in [7, 11) is 0. The number of nitrogens with zero attached hydrogens (tertiary/aromatic N) is 1. The first-order chi connectivity index (χ1) is 8.16. The second-order valence-corrected chi connectivity index (χ2v) is 4.67. The summed E-state index contributed by atoms with van der Waals surface area (Å²) < 4.78 is 27.4. The van der Waals surface area contributed by atoms with Crippen LogP contribution in [-0.4, -0.2) is 18.1 Å². The van der Waals surface area contributed by atoms with Crippen molar-refractivity contribution < 1.29 is 8.78 Å². The average molecular weight is 236 g/mol. The lowest BCUT2D eigenvalue weighted by molar-refractivity contribution is 0.393. The Balaban J connectivity index is 1.95. The number of hydrogen-bond donors (Lipinski definition) is 1. The van der Waals surface area contributed by atoms with Gasteiger partial charge >= 0.3 is 0 Å². The zero-order valence-electron chi connectivity index (χ0n) is 9.63. The first-order valence-electron chi connectivity index (χ1n) is 5.79. The van der Waals surface area contributed by atoms with Crippen LogP contribution in [0.25, 0.3) is 0 Å². The highest BCUT2D eigenvalue weighted by molar-refractivity contribution is 5.31. The topological polar surface area (TPSA) is 15.3 Å². The van der Waals surface area contributed by atoms with Crippen LogP contribution in [0.1, 0.15) is 24.8 Å². The standard InChI is InChI=1S/C13H14F2N2/c1-8-12-5-9(6-17(12)7-16-8)13-10(14)3-2-4-11(13)15/h2-4,9,16H,5-7H2,1H3/t9-/m0/s1. The van der Waals surface area contributed by atoms with Gasteiger partial charge in [0, 0.05) is 29.4 Å². The highest BCUT2D eigenvalue weighted by Gasteiger charge is 2.34. The van der Waals surface area contributed by atoms with Crippen molar-refractivity contribution in [2.75, 3.05) is 13.2 Å². The third-order valence-electron chi connectivity index (χ3n) is 3.64. The molecule has 1 atom stereocenters. The van der Waals surface area contributed by atoms with Gasteiger partial charge in [-0.25, -0.2) is 8.78 Å². The van der Waals surface area contributed by atoms with Gasteiger partial charge in [0.05, 0.1) is 6.67 Å². The summed E-state index contributed by atoms with van der Waals surface area (Å²) in [4.78, 5) is 2.16. The molecule has 17 heavy (non-hydrogen) atoms. The summed E-state index contributed by atoms with van der Waals surface area (Å²) in [6, 6.07) is 4.08. The lowest BCUT2D eigenvalue weighted by Crippen LogP contribution is -2.23. The van der Waals surface area contributed by atoms with Crippen molar-refractivity contribution in [1.29, 1.82) is 0 Å². The van der Waals surface area contributed by atoms with Crippen LogP contribution in [-0.2, 0) is 0 Å². The summed E-state index contributed by atoms with van der Waals surface area (Å²) in [6.45, 7) is 3.46. The molecule has 1 fully saturated rings. The molecule has 0 aliphatic carbocycles. The molecule has 0 saturated carbocycles. The monoisotopic (exact) mass is 236 g/mol. The Labute approximate surface area is 98.9 Å². The SMILES string of the molecule is CC1=C2C[C@H](c3c(F)cccc3F)CN2CN1. The van der Waals surface area contributed by atoms with Crippen molar-refractivity contribution in [3.05, 3.63) is 46.8 Å². The smallest absolute Gasteiger partial charge is 0.129 e. The molecule has 0 aromatic heterocycles. The summed E-state index contributed by atoms with van der Waals surface area (Å²) in [6.07, 6.45) is 0.719. The molecule has 1 aromatic carbocycles. The quantitative estimate of drug-likeness (QED) is 0.806. The van der Waals surface area contributed by atoms with Crippen LogP contribution in [0.3, 0.4) is 0 Å². The normalized spacial score (nSPS) is 23.0. The van der Waals surface area contributed by atoms with Crippen LogP contribution in [0.5, 0.6) is 0 Å². The van der Waals surface area contributed by atoms with Crippen molar-refractivity contribution in [3.63, 3.8) is 0 Å². The molecule has 2 aliphatic heterocycles. The summed E-state index contributed by atoms with van der Waals surface area (Å²) >= 11 is 0. The lowest BCUT2D eigenvalue weighted by atomic mass is 9.96. The van der Waals surface area contributed by atoms with E-state index in [0.717, 1.165) is 18.8 Å². The molecule has 4 heteroatoms. The Bertz CT molecular complexity index is 476. The number of nitrogens with one attached hydrogen (secondary N) is 1. The maximum atomic E-state index is 13.7. The Morgan fingerprint density at radius 3 is 2.65 bits per heavy atom. The largest absolute Gasteiger partial charge is 0.370 e. The van der Waals surface area contributed by atoms with Crippen LogP contribution in [0.15, 0.2) is 29.6 Å². The van der Waals surface area contributed by atoms with Gasteiger partial charge in [0.25, 0.3) is 0 Å². The maximum absolute atomic E-state index is 13.7. The summed E-state index contributed by atoms with van der Waals surface area (Å²) in [5.74, 6) is -0.923. The summed E-state index contributed by atoms with van der Waals surface area (Å²) in [5.41, 5.74) is 2.56. The van der Waals surface area contributed by atoms with Crippen LogP contribution >= 0.6 is 0 Å². The van der Waals surface area contributed by atoms with E-state index in [1.165, 1.54) is 23.9 Å². The predicted octanol–water partition coefficient (Wildman–Crippen LogP) is 2.55. The first kappa shape index (κ1) is 10.6. The van der Waals surface area contributed by atoms with E-state index in [1.807, 2.05) is 6.92 Å². The molecule has 90 valence electrons. The van der Waals surface area contributed by atoms with Gasteiger partial charge in [-0.3, -0.25) is 0 Å². The third-order valence-corrected chi connectivity index (χ3v) is 3.64. The second-order valence-electron chi connectivity index (χ2n) is 4.67. The van der Waals surface area contributed by atoms with Crippen molar-refractivity contribution in [2.24, 2.45) is 0 Å². The van der Waals surface area contributed by atoms with Gasteiger partial charge in [-0.1, -0.05) is 6.07 Å². The lowest BCUT2D eigenvalue weighted by Gasteiger charge is -2.15. The fourth-order valence-corrected chi connectivity index (χ4v) is 2.76. The Morgan fingerprint density at radius 2 is 2.00 bits per heavy atom. The number of rotatable bonds is 1. The van der Waals surface area contributed by atoms with E-state index in [-0.39, 0.29) is 11.5 Å². The molecule has 1 N–H and O–H groups in total. The number of halogens is 2. The number of benzene rings is 1. The second kappa shape index (κ2) is 3.72. The Kier molecular flexibility index (Phi) is 2.31. The van der Waals surface area contributed by atoms with Crippen LogP contribution in [0.4, 0.5) is 8.78 Å². The zero-order valence-corrected chi connectivity index (χ0v) is 9.63. The molecule has 0 spiro atoms. The average Bonchev–Trinajstić information content (AvgIpc) is 2.82. The summed E-state index contributed by atoms with van der Waals surface area (Å²) in [5, 5.41) is 3.24. The minimum Gasteiger partial charge on any atom is -0.370 e. The van der Waals surface area contributed by atoms with Crippen LogP contribution in [0, 0.1) is 11.6 Å². The van der Waals surface area contributed by atoms with Crippen molar-refractivity contribution in [3.8, 4) is 0 Å². The molecular formula is C13H14F2N2. The van der Waals surface area contributed by atoms with Gasteiger partial charge in [-0.15, -0.1) is 0 Å². The van der Waals surface area contributed by atoms with Gasteiger partial charge in [0.2, 0.25) is 0 Å². The van der Waals surface area contributed by atoms with Crippen molar-refractivity contribution >= 4 is 0 Å². The van der Waals surface area contributed by atoms with Gasteiger partial charge in [-0.2, -0.15) is 0 Å². The third kappa shape index (κ3) is 1.59. The van der Waals surface area contributed by atoms with E-state index >= 15 is 0 Å². The molecule has 0 bridgehead atoms. The molecule has 0 amide bonds. The highest BCUT2D eigenvalue weighted by Crippen LogP contribution is 2.38. The predicted molar refractivity (Wildman–Crippen MR) is 61.1 cm³/mol. The molecule has 0 unspecified atom stereocenters. The van der Waals surface area contributed by atoms with E-state index in [1.54, 1.807) is 0 Å². The zero-order chi connectivity index (χ0) is 12.0. The maximum Gasteiger partial charge on any atom is 0.129 e. The van der Waals surface area contributed by atoms with Gasteiger partial charge < -0.3 is 10.2 Å². The fourth-order valence-electron chi connectivity index (χ4n) is 2.76. The molecule has 1 aromatic rings. The molecule has 1 saturated heterocycles. The molecule has 2 nitrogen and oxygen atoms in total. The van der Waals surface area contributed by atoms with E-state index in [2.05, 4.69) is 10.2 Å². The molecule has 2 aliphatic rings. The molecule has 2 heterocycles. The van der Waals surface area contributed by atoms with E-state index in [9.17, 15) is 8.78 Å². The van der Waals surface area contributed by atoms with E-state index in [4.69, 9.17) is 0 Å². The van der Waals surface area contributed by atoms with Crippen molar-refractivity contribution in [1.82, 2.24) is 10.2 Å². The molecule has 3 rings (SSSR count). The van der Waals surface area contributed by atoms with Crippen LogP contribution < -0.4 is 5.32 Å². The minimum atomic E-state index is -0.428. The van der Waals surface area contributed by atoms with Gasteiger partial charge in [-0.05, 0) is 25.5 Å². The van der Waals surface area contributed by atoms with Crippen molar-refractivity contribution in [2.45, 2.75) is 19.3 Å². The van der Waals surface area contributed by atoms with Gasteiger partial charge in [0.15, 0.2) is 0 Å². The fraction of sp³-hybridized carbons (Fsp3) is 0.385. The van der Waals surface area contributed by atoms with E-state index < -0.39 is 11.6 Å². The number of allylic oxidation sites excluding steroid dienone is 2. The highest BCUT2D eigenvalue weighted by atomic mass is 19.1. The van der Waals surface area contributed by atoms with Gasteiger partial charge in [0.1, 0.15) is 11.6 Å². The number of hydrogen-bond acceptors (Lipinski definition) is 2. The Morgan fingerprint density at radius 1 is 1.29 bits per heavy atom.